The molecule has 1 saturated heterocycles. The van der Waals surface area contributed by atoms with E-state index >= 15 is 0 Å². The molecule has 1 fully saturated rings. The van der Waals surface area contributed by atoms with Gasteiger partial charge in [0.05, 0.1) is 6.04 Å². The minimum atomic E-state index is 0.182. The largest absolute Gasteiger partial charge is 0.326 e. The van der Waals surface area contributed by atoms with Gasteiger partial charge in [-0.2, -0.15) is 11.3 Å². The maximum Gasteiger partial charge on any atom is 0.0513 e. The van der Waals surface area contributed by atoms with Crippen LogP contribution in [-0.4, -0.2) is 22.5 Å². The van der Waals surface area contributed by atoms with Gasteiger partial charge in [-0.25, -0.2) is 0 Å². The maximum atomic E-state index is 6.48. The van der Waals surface area contributed by atoms with Crippen molar-refractivity contribution < 1.29 is 0 Å². The van der Waals surface area contributed by atoms with Gasteiger partial charge in [0.15, 0.2) is 0 Å². The zero-order chi connectivity index (χ0) is 14.7. The van der Waals surface area contributed by atoms with Crippen molar-refractivity contribution in [2.75, 3.05) is 6.54 Å². The van der Waals surface area contributed by atoms with E-state index in [1.165, 1.54) is 24.0 Å². The molecule has 0 bridgehead atoms. The fourth-order valence-electron chi connectivity index (χ4n) is 3.42. The normalized spacial score (nSPS) is 22.3. The first kappa shape index (κ1) is 14.7. The van der Waals surface area contributed by atoms with Crippen LogP contribution in [0.15, 0.2) is 41.4 Å². The Bertz CT molecular complexity index is 540. The smallest absolute Gasteiger partial charge is 0.0513 e. The molecule has 2 aromatic rings. The summed E-state index contributed by atoms with van der Waals surface area (Å²) < 4.78 is 0. The van der Waals surface area contributed by atoms with Crippen molar-refractivity contribution in [1.82, 2.24) is 9.88 Å². The Morgan fingerprint density at radius 2 is 2.19 bits per heavy atom. The second-order valence-corrected chi connectivity index (χ2v) is 6.53. The van der Waals surface area contributed by atoms with Crippen LogP contribution in [0.2, 0.25) is 0 Å². The number of nitrogens with two attached hydrogens (primary N) is 1. The number of thiophene rings is 1. The average molecular weight is 301 g/mol. The highest BCUT2D eigenvalue weighted by Crippen LogP contribution is 2.40. The van der Waals surface area contributed by atoms with Gasteiger partial charge in [-0.15, -0.1) is 0 Å². The van der Waals surface area contributed by atoms with Gasteiger partial charge < -0.3 is 5.73 Å². The van der Waals surface area contributed by atoms with E-state index in [1.807, 2.05) is 12.4 Å². The van der Waals surface area contributed by atoms with Crippen molar-refractivity contribution in [2.45, 2.75) is 44.3 Å². The highest BCUT2D eigenvalue weighted by atomic mass is 32.1. The Labute approximate surface area is 130 Å². The van der Waals surface area contributed by atoms with Crippen LogP contribution in [0.5, 0.6) is 0 Å². The lowest BCUT2D eigenvalue weighted by Crippen LogP contribution is -2.40. The van der Waals surface area contributed by atoms with Crippen LogP contribution in [0.4, 0.5) is 0 Å². The number of nitrogens with zero attached hydrogens (tertiary/aromatic N) is 2. The molecule has 3 unspecified atom stereocenters. The van der Waals surface area contributed by atoms with Crippen LogP contribution in [0.1, 0.15) is 49.4 Å². The van der Waals surface area contributed by atoms with Gasteiger partial charge in [0, 0.05) is 24.5 Å². The molecular weight excluding hydrogens is 278 g/mol. The molecule has 3 rings (SSSR count). The summed E-state index contributed by atoms with van der Waals surface area (Å²) in [7, 11) is 0. The van der Waals surface area contributed by atoms with Gasteiger partial charge in [-0.3, -0.25) is 9.88 Å². The van der Waals surface area contributed by atoms with Crippen LogP contribution in [0, 0.1) is 0 Å². The molecule has 0 saturated carbocycles. The summed E-state index contributed by atoms with van der Waals surface area (Å²) in [5, 5.41) is 4.41. The summed E-state index contributed by atoms with van der Waals surface area (Å²) in [4.78, 5) is 6.75. The van der Waals surface area contributed by atoms with E-state index in [9.17, 15) is 0 Å². The van der Waals surface area contributed by atoms with Crippen molar-refractivity contribution in [2.24, 2.45) is 5.73 Å². The van der Waals surface area contributed by atoms with E-state index in [1.54, 1.807) is 11.3 Å². The standard InChI is InChI=1S/C17H23N3S/c1-2-15(18)17(14-7-11-21-12-14)20-10-3-4-16(20)13-5-8-19-9-6-13/h5-9,11-12,15-17H,2-4,10,18H2,1H3. The molecule has 3 heterocycles. The molecule has 0 amide bonds. The van der Waals surface area contributed by atoms with Gasteiger partial charge >= 0.3 is 0 Å². The monoisotopic (exact) mass is 301 g/mol. The Balaban J connectivity index is 1.91. The van der Waals surface area contributed by atoms with E-state index in [4.69, 9.17) is 5.73 Å². The Morgan fingerprint density at radius 1 is 1.38 bits per heavy atom. The van der Waals surface area contributed by atoms with Crippen LogP contribution in [-0.2, 0) is 0 Å². The third-order valence-corrected chi connectivity index (χ3v) is 5.21. The van der Waals surface area contributed by atoms with Crippen molar-refractivity contribution in [3.8, 4) is 0 Å². The van der Waals surface area contributed by atoms with Crippen molar-refractivity contribution in [3.05, 3.63) is 52.5 Å². The lowest BCUT2D eigenvalue weighted by Gasteiger charge is -2.36. The molecule has 112 valence electrons. The van der Waals surface area contributed by atoms with E-state index in [0.29, 0.717) is 12.1 Å². The van der Waals surface area contributed by atoms with Crippen LogP contribution < -0.4 is 5.73 Å². The predicted octanol–water partition coefficient (Wildman–Crippen LogP) is 3.76. The SMILES string of the molecule is CCC(N)C(c1ccsc1)N1CCCC1c1ccncc1. The van der Waals surface area contributed by atoms with Crippen LogP contribution in [0.3, 0.4) is 0 Å². The molecule has 0 spiro atoms. The first-order chi connectivity index (χ1) is 10.3. The summed E-state index contributed by atoms with van der Waals surface area (Å²) in [6.07, 6.45) is 7.24. The number of pyridine rings is 1. The molecule has 1 aliphatic rings. The van der Waals surface area contributed by atoms with Gasteiger partial charge in [0.2, 0.25) is 0 Å². The first-order valence-corrected chi connectivity index (χ1v) is 8.69. The lowest BCUT2D eigenvalue weighted by atomic mass is 9.96. The van der Waals surface area contributed by atoms with Gasteiger partial charge in [0.1, 0.15) is 0 Å². The minimum Gasteiger partial charge on any atom is -0.326 e. The second kappa shape index (κ2) is 6.69. The second-order valence-electron chi connectivity index (χ2n) is 5.75. The lowest BCUT2D eigenvalue weighted by molar-refractivity contribution is 0.154. The van der Waals surface area contributed by atoms with Gasteiger partial charge in [-0.1, -0.05) is 6.92 Å². The fraction of sp³-hybridized carbons (Fsp3) is 0.471. The molecule has 0 radical (unpaired) electrons. The highest BCUT2D eigenvalue weighted by molar-refractivity contribution is 7.07. The Morgan fingerprint density at radius 3 is 2.86 bits per heavy atom. The zero-order valence-corrected chi connectivity index (χ0v) is 13.3. The van der Waals surface area contributed by atoms with E-state index in [-0.39, 0.29) is 6.04 Å². The van der Waals surface area contributed by atoms with Crippen LogP contribution >= 0.6 is 11.3 Å². The number of aromatic nitrogens is 1. The quantitative estimate of drug-likeness (QED) is 0.914. The third-order valence-electron chi connectivity index (χ3n) is 4.50. The van der Waals surface area contributed by atoms with E-state index in [0.717, 1.165) is 13.0 Å². The number of hydrogen-bond acceptors (Lipinski definition) is 4. The van der Waals surface area contributed by atoms with Crippen molar-refractivity contribution >= 4 is 11.3 Å². The topological polar surface area (TPSA) is 42.1 Å². The summed E-state index contributed by atoms with van der Waals surface area (Å²) >= 11 is 1.76. The molecular formula is C17H23N3S. The average Bonchev–Trinajstić information content (AvgIpc) is 3.20. The molecule has 0 aliphatic carbocycles. The molecule has 21 heavy (non-hydrogen) atoms. The molecule has 2 aromatic heterocycles. The summed E-state index contributed by atoms with van der Waals surface area (Å²) in [6, 6.07) is 7.49. The van der Waals surface area contributed by atoms with Crippen molar-refractivity contribution in [1.29, 1.82) is 0 Å². The Hall–Kier alpha value is -1.23. The zero-order valence-electron chi connectivity index (χ0n) is 12.5. The van der Waals surface area contributed by atoms with Gasteiger partial charge in [-0.05, 0) is 65.9 Å². The maximum absolute atomic E-state index is 6.48. The Kier molecular flexibility index (Phi) is 4.68. The third kappa shape index (κ3) is 3.03. The molecule has 0 aromatic carbocycles. The summed E-state index contributed by atoms with van der Waals surface area (Å²) in [5.41, 5.74) is 9.22. The molecule has 4 heteroatoms. The molecule has 3 atom stereocenters. The number of hydrogen-bond donors (Lipinski definition) is 1. The molecule has 1 aliphatic heterocycles. The highest BCUT2D eigenvalue weighted by Gasteiger charge is 2.35. The van der Waals surface area contributed by atoms with E-state index < -0.39 is 0 Å². The molecule has 2 N–H and O–H groups in total. The first-order valence-electron chi connectivity index (χ1n) is 7.74. The summed E-state index contributed by atoms with van der Waals surface area (Å²) in [6.45, 7) is 3.31. The van der Waals surface area contributed by atoms with Crippen LogP contribution in [0.25, 0.3) is 0 Å². The number of rotatable bonds is 5. The predicted molar refractivity (Wildman–Crippen MR) is 88.2 cm³/mol. The van der Waals surface area contributed by atoms with E-state index in [2.05, 4.69) is 45.8 Å². The van der Waals surface area contributed by atoms with Gasteiger partial charge in [0.25, 0.3) is 0 Å². The number of likely N-dealkylation sites (tertiary alicyclic amines) is 1. The van der Waals surface area contributed by atoms with Crippen molar-refractivity contribution in [3.63, 3.8) is 0 Å². The fourth-order valence-corrected chi connectivity index (χ4v) is 4.11. The molecule has 3 nitrogen and oxygen atoms in total. The summed E-state index contributed by atoms with van der Waals surface area (Å²) in [5.74, 6) is 0. The minimum absolute atomic E-state index is 0.182.